The van der Waals surface area contributed by atoms with Crippen LogP contribution in [0.5, 0.6) is 0 Å². The summed E-state index contributed by atoms with van der Waals surface area (Å²) in [4.78, 5) is 42.8. The van der Waals surface area contributed by atoms with E-state index in [9.17, 15) is 18.8 Å². The van der Waals surface area contributed by atoms with Gasteiger partial charge in [-0.05, 0) is 48.7 Å². The molecule has 1 aliphatic heterocycles. The third-order valence-corrected chi connectivity index (χ3v) is 7.76. The number of imide groups is 1. The summed E-state index contributed by atoms with van der Waals surface area (Å²) in [5.41, 5.74) is 1.49. The van der Waals surface area contributed by atoms with Crippen LogP contribution in [-0.2, 0) is 33.9 Å². The molecule has 4 unspecified atom stereocenters. The fourth-order valence-corrected chi connectivity index (χ4v) is 5.58. The normalized spacial score (nSPS) is 22.8. The van der Waals surface area contributed by atoms with E-state index in [0.717, 1.165) is 0 Å². The molecule has 4 amide bonds. The molecule has 210 valence electrons. The van der Waals surface area contributed by atoms with E-state index in [2.05, 4.69) is 5.32 Å². The fraction of sp³-hybridized carbons (Fsp3) is 0.367. The zero-order valence-corrected chi connectivity index (χ0v) is 22.4. The summed E-state index contributed by atoms with van der Waals surface area (Å²) in [6.45, 7) is 0.310. The molecule has 40 heavy (non-hydrogen) atoms. The van der Waals surface area contributed by atoms with Crippen molar-refractivity contribution in [1.82, 2.24) is 15.1 Å². The van der Waals surface area contributed by atoms with Gasteiger partial charge in [-0.15, -0.1) is 0 Å². The molecule has 2 fully saturated rings. The molecule has 0 bridgehead atoms. The van der Waals surface area contributed by atoms with Crippen molar-refractivity contribution in [2.75, 3.05) is 14.2 Å². The van der Waals surface area contributed by atoms with Crippen molar-refractivity contribution in [3.8, 4) is 0 Å². The quantitative estimate of drug-likeness (QED) is 0.431. The van der Waals surface area contributed by atoms with Gasteiger partial charge in [-0.3, -0.25) is 14.5 Å². The van der Waals surface area contributed by atoms with Crippen molar-refractivity contribution in [2.24, 2.45) is 5.92 Å². The summed E-state index contributed by atoms with van der Waals surface area (Å²) in [7, 11) is 3.16. The van der Waals surface area contributed by atoms with E-state index < -0.39 is 23.8 Å². The highest BCUT2D eigenvalue weighted by atomic mass is 19.1. The van der Waals surface area contributed by atoms with Crippen LogP contribution >= 0.6 is 0 Å². The monoisotopic (exact) mass is 549 g/mol. The van der Waals surface area contributed by atoms with Gasteiger partial charge in [-0.1, -0.05) is 30.3 Å². The van der Waals surface area contributed by atoms with Crippen LogP contribution in [0.3, 0.4) is 0 Å². The number of carbonyl (C=O) groups excluding carboxylic acids is 3. The molecule has 9 nitrogen and oxygen atoms in total. The van der Waals surface area contributed by atoms with Gasteiger partial charge in [0.25, 0.3) is 5.91 Å². The molecule has 2 aliphatic rings. The minimum Gasteiger partial charge on any atom is -0.467 e. The van der Waals surface area contributed by atoms with Gasteiger partial charge in [-0.2, -0.15) is 0 Å². The second kappa shape index (κ2) is 12.0. The lowest BCUT2D eigenvalue weighted by Crippen LogP contribution is -2.64. The first-order chi connectivity index (χ1) is 19.4. The minimum absolute atomic E-state index is 0.0221. The average molecular weight is 550 g/mol. The van der Waals surface area contributed by atoms with E-state index in [-0.39, 0.29) is 43.7 Å². The fourth-order valence-electron chi connectivity index (χ4n) is 5.58. The number of carbonyl (C=O) groups is 3. The Hall–Kier alpha value is -4.02. The van der Waals surface area contributed by atoms with Crippen LogP contribution in [-0.4, -0.2) is 60.1 Å². The molecule has 4 atom stereocenters. The maximum Gasteiger partial charge on any atom is 0.327 e. The second-order valence-corrected chi connectivity index (χ2v) is 10.1. The Bertz CT molecular complexity index is 1350. The van der Waals surface area contributed by atoms with Crippen LogP contribution in [0.4, 0.5) is 9.18 Å². The third-order valence-electron chi connectivity index (χ3n) is 7.76. The van der Waals surface area contributed by atoms with Crippen LogP contribution in [0.2, 0.25) is 0 Å². The van der Waals surface area contributed by atoms with E-state index in [0.29, 0.717) is 35.3 Å². The SMILES string of the molecule is COC1CC2C(=O)N(Cc3ccc(C(=O)NCc4ccco4)cc3)C(=O)N(Cc3ccccc3F)C2CC1OC. The zero-order valence-electron chi connectivity index (χ0n) is 22.4. The number of halogens is 1. The van der Waals surface area contributed by atoms with Crippen LogP contribution < -0.4 is 5.32 Å². The molecule has 1 saturated heterocycles. The van der Waals surface area contributed by atoms with Crippen LogP contribution in [0.15, 0.2) is 71.3 Å². The molecule has 0 radical (unpaired) electrons. The molecular formula is C30H32FN3O6. The minimum atomic E-state index is -0.521. The molecule has 1 N–H and O–H groups in total. The summed E-state index contributed by atoms with van der Waals surface area (Å²) in [5, 5.41) is 2.79. The molecule has 1 saturated carbocycles. The predicted molar refractivity (Wildman–Crippen MR) is 142 cm³/mol. The van der Waals surface area contributed by atoms with Gasteiger partial charge >= 0.3 is 6.03 Å². The van der Waals surface area contributed by atoms with E-state index in [1.165, 1.54) is 17.2 Å². The Morgan fingerprint density at radius 3 is 2.38 bits per heavy atom. The van der Waals surface area contributed by atoms with E-state index in [4.69, 9.17) is 13.9 Å². The summed E-state index contributed by atoms with van der Waals surface area (Å²) in [6, 6.07) is 15.6. The smallest absolute Gasteiger partial charge is 0.327 e. The summed E-state index contributed by atoms with van der Waals surface area (Å²) in [5.74, 6) is -0.859. The van der Waals surface area contributed by atoms with Gasteiger partial charge in [0.2, 0.25) is 5.91 Å². The largest absolute Gasteiger partial charge is 0.467 e. The molecule has 1 aromatic heterocycles. The first-order valence-corrected chi connectivity index (χ1v) is 13.2. The predicted octanol–water partition coefficient (Wildman–Crippen LogP) is 4.12. The average Bonchev–Trinajstić information content (AvgIpc) is 3.50. The maximum absolute atomic E-state index is 14.6. The molecule has 2 heterocycles. The lowest BCUT2D eigenvalue weighted by Gasteiger charge is -2.50. The molecule has 0 spiro atoms. The molecule has 1 aliphatic carbocycles. The number of nitrogens with zero attached hydrogens (tertiary/aromatic N) is 2. The number of ether oxygens (including phenoxy) is 2. The topological polar surface area (TPSA) is 101 Å². The van der Waals surface area contributed by atoms with Gasteiger partial charge in [0.05, 0.1) is 44.0 Å². The number of benzene rings is 2. The molecular weight excluding hydrogens is 517 g/mol. The molecule has 5 rings (SSSR count). The Morgan fingerprint density at radius 1 is 0.975 bits per heavy atom. The first kappa shape index (κ1) is 27.5. The van der Waals surface area contributed by atoms with E-state index in [1.807, 2.05) is 0 Å². The molecule has 3 aromatic rings. The molecule has 2 aromatic carbocycles. The van der Waals surface area contributed by atoms with Crippen molar-refractivity contribution in [3.05, 3.63) is 95.2 Å². The van der Waals surface area contributed by atoms with Crippen LogP contribution in [0, 0.1) is 11.7 Å². The van der Waals surface area contributed by atoms with Crippen molar-refractivity contribution in [3.63, 3.8) is 0 Å². The summed E-state index contributed by atoms with van der Waals surface area (Å²) >= 11 is 0. The summed E-state index contributed by atoms with van der Waals surface area (Å²) < 4.78 is 31.1. The number of hydrogen-bond acceptors (Lipinski definition) is 6. The van der Waals surface area contributed by atoms with Gasteiger partial charge < -0.3 is 24.1 Å². The van der Waals surface area contributed by atoms with Crippen LogP contribution in [0.25, 0.3) is 0 Å². The highest BCUT2D eigenvalue weighted by molar-refractivity contribution is 5.99. The standard InChI is InChI=1S/C30H32FN3O6/c1-38-26-14-23-25(15-27(26)39-2)33(18-21-6-3-4-8-24(21)31)30(37)34(29(23)36)17-19-9-11-20(12-10-19)28(35)32-16-22-7-5-13-40-22/h3-13,23,25-27H,14-18H2,1-2H3,(H,32,35). The van der Waals surface area contributed by atoms with Gasteiger partial charge in [0.15, 0.2) is 0 Å². The zero-order chi connectivity index (χ0) is 28.2. The third kappa shape index (κ3) is 5.64. The van der Waals surface area contributed by atoms with Crippen LogP contribution in [0.1, 0.15) is 40.1 Å². The van der Waals surface area contributed by atoms with Crippen molar-refractivity contribution < 1.29 is 32.7 Å². The van der Waals surface area contributed by atoms with Crippen molar-refractivity contribution in [1.29, 1.82) is 0 Å². The number of amides is 4. The Labute approximate surface area is 231 Å². The summed E-state index contributed by atoms with van der Waals surface area (Å²) in [6.07, 6.45) is 1.72. The van der Waals surface area contributed by atoms with Gasteiger partial charge in [-0.25, -0.2) is 9.18 Å². The van der Waals surface area contributed by atoms with Gasteiger partial charge in [0, 0.05) is 31.4 Å². The highest BCUT2D eigenvalue weighted by Crippen LogP contribution is 2.38. The number of furan rings is 1. The van der Waals surface area contributed by atoms with Gasteiger partial charge in [0.1, 0.15) is 11.6 Å². The number of hydrogen-bond donors (Lipinski definition) is 1. The first-order valence-electron chi connectivity index (χ1n) is 13.2. The van der Waals surface area contributed by atoms with Crippen molar-refractivity contribution >= 4 is 17.8 Å². The number of urea groups is 1. The molecule has 10 heteroatoms. The number of nitrogens with one attached hydrogen (secondary N) is 1. The second-order valence-electron chi connectivity index (χ2n) is 10.1. The number of fused-ring (bicyclic) bond motifs is 1. The van der Waals surface area contributed by atoms with E-state index in [1.54, 1.807) is 73.7 Å². The Morgan fingerprint density at radius 2 is 1.70 bits per heavy atom. The van der Waals surface area contributed by atoms with E-state index >= 15 is 0 Å². The number of methoxy groups -OCH3 is 2. The van der Waals surface area contributed by atoms with Crippen molar-refractivity contribution in [2.45, 2.75) is 50.7 Å². The Kier molecular flexibility index (Phi) is 8.27. The lowest BCUT2D eigenvalue weighted by atomic mass is 9.77. The number of rotatable bonds is 9. The maximum atomic E-state index is 14.6. The highest BCUT2D eigenvalue weighted by Gasteiger charge is 2.51. The lowest BCUT2D eigenvalue weighted by molar-refractivity contribution is -0.152. The Balaban J connectivity index is 1.35.